The largest absolute Gasteiger partial charge is 0.379 e. The monoisotopic (exact) mass is 363 g/mol. The summed E-state index contributed by atoms with van der Waals surface area (Å²) in [6.07, 6.45) is 2.61. The van der Waals surface area contributed by atoms with Crippen LogP contribution in [0.3, 0.4) is 0 Å². The molecule has 1 amide bonds. The lowest BCUT2D eigenvalue weighted by Crippen LogP contribution is -2.32. The van der Waals surface area contributed by atoms with E-state index in [9.17, 15) is 9.18 Å². The standard InChI is InChI=1S/C17H15ClFN3O3/c18-10-6-20-14(21-7-10)8-22-16(23)12-2-1-3-13(19)15(12)17(22)25-11-4-5-24-9-11/h1-3,6-7,11,17H,4-5,8-9H2/t11-,17?/m0/s1. The summed E-state index contributed by atoms with van der Waals surface area (Å²) in [5.74, 6) is -0.367. The van der Waals surface area contributed by atoms with Gasteiger partial charge in [-0.2, -0.15) is 0 Å². The number of hydrogen-bond donors (Lipinski definition) is 0. The topological polar surface area (TPSA) is 64.6 Å². The molecule has 2 aliphatic rings. The summed E-state index contributed by atoms with van der Waals surface area (Å²) in [4.78, 5) is 22.4. The molecule has 1 aromatic carbocycles. The fourth-order valence-corrected chi connectivity index (χ4v) is 3.16. The van der Waals surface area contributed by atoms with Crippen LogP contribution >= 0.6 is 11.6 Å². The van der Waals surface area contributed by atoms with Gasteiger partial charge >= 0.3 is 0 Å². The van der Waals surface area contributed by atoms with E-state index in [4.69, 9.17) is 21.1 Å². The van der Waals surface area contributed by atoms with E-state index in [2.05, 4.69) is 9.97 Å². The summed E-state index contributed by atoms with van der Waals surface area (Å²) in [6.45, 7) is 1.12. The van der Waals surface area contributed by atoms with E-state index in [0.29, 0.717) is 36.0 Å². The molecule has 25 heavy (non-hydrogen) atoms. The van der Waals surface area contributed by atoms with E-state index in [1.807, 2.05) is 0 Å². The molecule has 1 aromatic heterocycles. The number of carbonyl (C=O) groups excluding carboxylic acids is 1. The number of carbonyl (C=O) groups is 1. The van der Waals surface area contributed by atoms with Crippen molar-refractivity contribution in [3.8, 4) is 0 Å². The van der Waals surface area contributed by atoms with Crippen molar-refractivity contribution in [1.82, 2.24) is 14.9 Å². The third kappa shape index (κ3) is 3.10. The fraction of sp³-hybridized carbons (Fsp3) is 0.353. The van der Waals surface area contributed by atoms with Gasteiger partial charge in [-0.15, -0.1) is 0 Å². The number of hydrogen-bond acceptors (Lipinski definition) is 5. The van der Waals surface area contributed by atoms with Crippen LogP contribution in [-0.2, 0) is 16.0 Å². The molecule has 0 aliphatic carbocycles. The lowest BCUT2D eigenvalue weighted by molar-refractivity contribution is -0.0866. The maximum atomic E-state index is 14.4. The zero-order valence-corrected chi connectivity index (χ0v) is 13.9. The number of fused-ring (bicyclic) bond motifs is 1. The maximum Gasteiger partial charge on any atom is 0.257 e. The van der Waals surface area contributed by atoms with Crippen molar-refractivity contribution in [3.63, 3.8) is 0 Å². The highest BCUT2D eigenvalue weighted by Gasteiger charge is 2.41. The summed E-state index contributed by atoms with van der Waals surface area (Å²) in [6, 6.07) is 4.45. The minimum absolute atomic E-state index is 0.0996. The summed E-state index contributed by atoms with van der Waals surface area (Å²) in [7, 11) is 0. The Labute approximate surface area is 148 Å². The summed E-state index contributed by atoms with van der Waals surface area (Å²) in [5.41, 5.74) is 0.561. The molecule has 2 atom stereocenters. The van der Waals surface area contributed by atoms with Gasteiger partial charge in [-0.1, -0.05) is 17.7 Å². The molecule has 0 bridgehead atoms. The van der Waals surface area contributed by atoms with Crippen molar-refractivity contribution in [2.75, 3.05) is 13.2 Å². The number of amides is 1. The quantitative estimate of drug-likeness (QED) is 0.835. The van der Waals surface area contributed by atoms with Gasteiger partial charge < -0.3 is 14.4 Å². The van der Waals surface area contributed by atoms with Crippen LogP contribution in [0.2, 0.25) is 5.02 Å². The van der Waals surface area contributed by atoms with E-state index in [0.717, 1.165) is 0 Å². The Morgan fingerprint density at radius 3 is 2.88 bits per heavy atom. The SMILES string of the molecule is O=C1c2cccc(F)c2C(O[C@H]2CCOC2)N1Cc1ncc(Cl)cn1. The molecule has 4 rings (SSSR count). The number of aromatic nitrogens is 2. The first-order chi connectivity index (χ1) is 12.1. The number of ether oxygens (including phenoxy) is 2. The highest BCUT2D eigenvalue weighted by Crippen LogP contribution is 2.38. The normalized spacial score (nSPS) is 22.5. The van der Waals surface area contributed by atoms with Gasteiger partial charge in [0.15, 0.2) is 6.23 Å². The lowest BCUT2D eigenvalue weighted by Gasteiger charge is -2.27. The molecule has 1 saturated heterocycles. The maximum absolute atomic E-state index is 14.4. The van der Waals surface area contributed by atoms with Crippen LogP contribution in [0.4, 0.5) is 4.39 Å². The molecule has 2 aromatic rings. The number of rotatable bonds is 4. The summed E-state index contributed by atoms with van der Waals surface area (Å²) >= 11 is 5.80. The summed E-state index contributed by atoms with van der Waals surface area (Å²) in [5, 5.41) is 0.404. The van der Waals surface area contributed by atoms with Crippen molar-refractivity contribution in [3.05, 3.63) is 58.4 Å². The van der Waals surface area contributed by atoms with Crippen LogP contribution in [-0.4, -0.2) is 40.1 Å². The van der Waals surface area contributed by atoms with Crippen LogP contribution in [0.15, 0.2) is 30.6 Å². The van der Waals surface area contributed by atoms with E-state index < -0.39 is 12.0 Å². The Kier molecular flexibility index (Phi) is 4.37. The second-order valence-electron chi connectivity index (χ2n) is 5.93. The zero-order valence-electron chi connectivity index (χ0n) is 13.2. The minimum atomic E-state index is -0.824. The smallest absolute Gasteiger partial charge is 0.257 e. The molecule has 0 spiro atoms. The first kappa shape index (κ1) is 16.4. The van der Waals surface area contributed by atoms with Crippen LogP contribution in [0.5, 0.6) is 0 Å². The van der Waals surface area contributed by atoms with E-state index in [-0.39, 0.29) is 24.1 Å². The third-order valence-electron chi connectivity index (χ3n) is 4.27. The lowest BCUT2D eigenvalue weighted by atomic mass is 10.1. The van der Waals surface area contributed by atoms with Crippen LogP contribution in [0, 0.1) is 5.82 Å². The molecule has 6 nitrogen and oxygen atoms in total. The second-order valence-corrected chi connectivity index (χ2v) is 6.36. The predicted molar refractivity (Wildman–Crippen MR) is 86.4 cm³/mol. The van der Waals surface area contributed by atoms with Gasteiger partial charge in [-0.05, 0) is 18.6 Å². The van der Waals surface area contributed by atoms with Gasteiger partial charge in [0.2, 0.25) is 0 Å². The molecular formula is C17H15ClFN3O3. The van der Waals surface area contributed by atoms with Gasteiger partial charge in [-0.3, -0.25) is 4.79 Å². The van der Waals surface area contributed by atoms with Crippen LogP contribution in [0.25, 0.3) is 0 Å². The first-order valence-corrected chi connectivity index (χ1v) is 8.30. The molecule has 3 heterocycles. The molecule has 0 saturated carbocycles. The minimum Gasteiger partial charge on any atom is -0.379 e. The Balaban J connectivity index is 1.66. The third-order valence-corrected chi connectivity index (χ3v) is 4.46. The van der Waals surface area contributed by atoms with E-state index in [1.165, 1.54) is 29.4 Å². The molecule has 2 aliphatic heterocycles. The van der Waals surface area contributed by atoms with Gasteiger partial charge in [0, 0.05) is 24.6 Å². The number of nitrogens with zero attached hydrogens (tertiary/aromatic N) is 3. The van der Waals surface area contributed by atoms with E-state index in [1.54, 1.807) is 6.07 Å². The number of benzene rings is 1. The van der Waals surface area contributed by atoms with Gasteiger partial charge in [0.05, 0.1) is 29.8 Å². The first-order valence-electron chi connectivity index (χ1n) is 7.92. The highest BCUT2D eigenvalue weighted by atomic mass is 35.5. The van der Waals surface area contributed by atoms with Gasteiger partial charge in [0.1, 0.15) is 11.6 Å². The van der Waals surface area contributed by atoms with Crippen molar-refractivity contribution in [2.45, 2.75) is 25.3 Å². The Morgan fingerprint density at radius 2 is 2.16 bits per heavy atom. The zero-order chi connectivity index (χ0) is 17.4. The Bertz CT molecular complexity index is 796. The molecule has 1 fully saturated rings. The van der Waals surface area contributed by atoms with Crippen molar-refractivity contribution in [2.24, 2.45) is 0 Å². The fourth-order valence-electron chi connectivity index (χ4n) is 3.06. The highest BCUT2D eigenvalue weighted by molar-refractivity contribution is 6.30. The molecule has 130 valence electrons. The Hall–Kier alpha value is -2.09. The van der Waals surface area contributed by atoms with Crippen molar-refractivity contribution >= 4 is 17.5 Å². The molecule has 0 radical (unpaired) electrons. The Morgan fingerprint density at radius 1 is 1.36 bits per heavy atom. The average Bonchev–Trinajstić information content (AvgIpc) is 3.20. The molecule has 0 N–H and O–H groups in total. The molecule has 1 unspecified atom stereocenters. The van der Waals surface area contributed by atoms with Crippen LogP contribution in [0.1, 0.15) is 34.4 Å². The van der Waals surface area contributed by atoms with E-state index >= 15 is 0 Å². The van der Waals surface area contributed by atoms with Crippen molar-refractivity contribution in [1.29, 1.82) is 0 Å². The second kappa shape index (κ2) is 6.67. The summed E-state index contributed by atoms with van der Waals surface area (Å²) < 4.78 is 25.7. The number of halogens is 2. The van der Waals surface area contributed by atoms with Crippen molar-refractivity contribution < 1.29 is 18.7 Å². The van der Waals surface area contributed by atoms with Gasteiger partial charge in [-0.25, -0.2) is 14.4 Å². The van der Waals surface area contributed by atoms with Crippen LogP contribution < -0.4 is 0 Å². The predicted octanol–water partition coefficient (Wildman–Crippen LogP) is 2.73. The molecule has 8 heteroatoms. The molecular weight excluding hydrogens is 349 g/mol. The average molecular weight is 364 g/mol. The van der Waals surface area contributed by atoms with Gasteiger partial charge in [0.25, 0.3) is 5.91 Å².